The summed E-state index contributed by atoms with van der Waals surface area (Å²) >= 11 is 0. The minimum absolute atomic E-state index is 0.0415. The zero-order valence-corrected chi connectivity index (χ0v) is 21.2. The van der Waals surface area contributed by atoms with Gasteiger partial charge in [-0.2, -0.15) is 0 Å². The SMILES string of the molecule is CC(C)(C)c1ccc(C2/C(=C(/O)c3ccncc3)C(=O)C(=O)N2c2ccc(C(C)(C)C)cc2)cc1. The minimum Gasteiger partial charge on any atom is -0.507 e. The van der Waals surface area contributed by atoms with E-state index in [1.165, 1.54) is 4.90 Å². The monoisotopic (exact) mass is 468 g/mol. The number of hydrogen-bond acceptors (Lipinski definition) is 4. The average molecular weight is 469 g/mol. The van der Waals surface area contributed by atoms with Gasteiger partial charge in [-0.05, 0) is 51.8 Å². The molecule has 0 radical (unpaired) electrons. The number of aromatic nitrogens is 1. The predicted molar refractivity (Wildman–Crippen MR) is 139 cm³/mol. The van der Waals surface area contributed by atoms with Crippen LogP contribution in [0.25, 0.3) is 5.76 Å². The lowest BCUT2D eigenvalue weighted by molar-refractivity contribution is -0.132. The van der Waals surface area contributed by atoms with Crippen molar-refractivity contribution < 1.29 is 14.7 Å². The highest BCUT2D eigenvalue weighted by Gasteiger charge is 2.47. The van der Waals surface area contributed by atoms with Crippen LogP contribution in [0.5, 0.6) is 0 Å². The van der Waals surface area contributed by atoms with Crippen LogP contribution in [-0.4, -0.2) is 21.8 Å². The van der Waals surface area contributed by atoms with Crippen molar-refractivity contribution in [3.05, 3.63) is 101 Å². The Morgan fingerprint density at radius 1 is 0.771 bits per heavy atom. The van der Waals surface area contributed by atoms with Gasteiger partial charge in [-0.25, -0.2) is 0 Å². The number of aliphatic hydroxyl groups is 1. The predicted octanol–water partition coefficient (Wildman–Crippen LogP) is 6.30. The summed E-state index contributed by atoms with van der Waals surface area (Å²) in [6.45, 7) is 12.8. The van der Waals surface area contributed by atoms with Crippen molar-refractivity contribution in [1.29, 1.82) is 0 Å². The number of pyridine rings is 1. The Labute approximate surface area is 207 Å². The van der Waals surface area contributed by atoms with Crippen molar-refractivity contribution in [3.8, 4) is 0 Å². The Kier molecular flexibility index (Phi) is 6.14. The molecule has 5 nitrogen and oxygen atoms in total. The van der Waals surface area contributed by atoms with Crippen LogP contribution in [0.3, 0.4) is 0 Å². The van der Waals surface area contributed by atoms with Gasteiger partial charge in [0.15, 0.2) is 0 Å². The van der Waals surface area contributed by atoms with Crippen molar-refractivity contribution in [2.45, 2.75) is 58.4 Å². The second-order valence-corrected chi connectivity index (χ2v) is 11.1. The van der Waals surface area contributed by atoms with E-state index >= 15 is 0 Å². The summed E-state index contributed by atoms with van der Waals surface area (Å²) in [6, 6.07) is 18.1. The number of anilines is 1. The van der Waals surface area contributed by atoms with E-state index in [-0.39, 0.29) is 22.2 Å². The summed E-state index contributed by atoms with van der Waals surface area (Å²) in [5.74, 6) is -1.57. The van der Waals surface area contributed by atoms with Crippen LogP contribution in [0.4, 0.5) is 5.69 Å². The number of Topliss-reactive ketones (excluding diaryl/α,β-unsaturated/α-hetero) is 1. The van der Waals surface area contributed by atoms with Crippen molar-refractivity contribution in [1.82, 2.24) is 4.98 Å². The molecule has 0 aliphatic carbocycles. The maximum atomic E-state index is 13.4. The lowest BCUT2D eigenvalue weighted by Gasteiger charge is -2.27. The topological polar surface area (TPSA) is 70.5 Å². The molecular formula is C30H32N2O3. The molecule has 0 bridgehead atoms. The van der Waals surface area contributed by atoms with Gasteiger partial charge in [-0.1, -0.05) is 77.9 Å². The molecule has 180 valence electrons. The minimum atomic E-state index is -0.752. The zero-order valence-electron chi connectivity index (χ0n) is 21.2. The zero-order chi connectivity index (χ0) is 25.5. The van der Waals surface area contributed by atoms with Gasteiger partial charge in [0.05, 0.1) is 11.6 Å². The molecule has 1 N–H and O–H groups in total. The van der Waals surface area contributed by atoms with E-state index in [2.05, 4.69) is 46.5 Å². The van der Waals surface area contributed by atoms with Crippen LogP contribution in [0, 0.1) is 0 Å². The van der Waals surface area contributed by atoms with Gasteiger partial charge < -0.3 is 5.11 Å². The molecule has 1 amide bonds. The summed E-state index contributed by atoms with van der Waals surface area (Å²) in [4.78, 5) is 32.2. The van der Waals surface area contributed by atoms with E-state index in [0.29, 0.717) is 11.3 Å². The maximum Gasteiger partial charge on any atom is 0.300 e. The molecule has 35 heavy (non-hydrogen) atoms. The van der Waals surface area contributed by atoms with E-state index in [1.807, 2.05) is 48.5 Å². The van der Waals surface area contributed by atoms with E-state index in [4.69, 9.17) is 0 Å². The van der Waals surface area contributed by atoms with Gasteiger partial charge in [-0.3, -0.25) is 19.5 Å². The Morgan fingerprint density at radius 3 is 1.74 bits per heavy atom. The van der Waals surface area contributed by atoms with Crippen LogP contribution < -0.4 is 4.90 Å². The molecule has 1 unspecified atom stereocenters. The molecule has 0 saturated carbocycles. The molecule has 1 atom stereocenters. The number of carbonyl (C=O) groups is 2. The molecular weight excluding hydrogens is 436 g/mol. The maximum absolute atomic E-state index is 13.4. The van der Waals surface area contributed by atoms with Crippen LogP contribution >= 0.6 is 0 Å². The average Bonchev–Trinajstić information content (AvgIpc) is 3.08. The summed E-state index contributed by atoms with van der Waals surface area (Å²) in [6.07, 6.45) is 3.09. The fraction of sp³-hybridized carbons (Fsp3) is 0.300. The first-order valence-corrected chi connectivity index (χ1v) is 11.8. The first-order valence-electron chi connectivity index (χ1n) is 11.8. The van der Waals surface area contributed by atoms with Crippen molar-refractivity contribution in [2.24, 2.45) is 0 Å². The molecule has 4 rings (SSSR count). The normalized spacial score (nSPS) is 18.2. The highest BCUT2D eigenvalue weighted by molar-refractivity contribution is 6.51. The Hall–Kier alpha value is -3.73. The van der Waals surface area contributed by atoms with Crippen LogP contribution in [0.1, 0.15) is 69.8 Å². The fourth-order valence-corrected chi connectivity index (χ4v) is 4.37. The number of nitrogens with zero attached hydrogens (tertiary/aromatic N) is 2. The van der Waals surface area contributed by atoms with Crippen molar-refractivity contribution >= 4 is 23.1 Å². The first-order chi connectivity index (χ1) is 16.4. The molecule has 1 aliphatic heterocycles. The molecule has 0 spiro atoms. The summed E-state index contributed by atoms with van der Waals surface area (Å²) in [5, 5.41) is 11.2. The number of carbonyl (C=O) groups excluding carboxylic acids is 2. The third-order valence-electron chi connectivity index (χ3n) is 6.50. The lowest BCUT2D eigenvalue weighted by Crippen LogP contribution is -2.29. The molecule has 2 aromatic carbocycles. The molecule has 5 heteroatoms. The van der Waals surface area contributed by atoms with Gasteiger partial charge in [0.2, 0.25) is 0 Å². The molecule has 3 aromatic rings. The number of hydrogen-bond donors (Lipinski definition) is 1. The smallest absolute Gasteiger partial charge is 0.300 e. The second kappa shape index (κ2) is 8.81. The standard InChI is InChI=1S/C30H32N2O3/c1-29(2,3)21-9-7-19(8-10-21)25-24(26(33)20-15-17-31-18-16-20)27(34)28(35)32(25)23-13-11-22(12-14-23)30(4,5)6/h7-18,25,33H,1-6H3/b26-24-. The summed E-state index contributed by atoms with van der Waals surface area (Å²) in [7, 11) is 0. The largest absolute Gasteiger partial charge is 0.507 e. The van der Waals surface area contributed by atoms with E-state index < -0.39 is 17.7 Å². The fourth-order valence-electron chi connectivity index (χ4n) is 4.37. The number of aliphatic hydroxyl groups excluding tert-OH is 1. The van der Waals surface area contributed by atoms with Gasteiger partial charge in [-0.15, -0.1) is 0 Å². The second-order valence-electron chi connectivity index (χ2n) is 11.1. The highest BCUT2D eigenvalue weighted by atomic mass is 16.3. The van der Waals surface area contributed by atoms with Gasteiger partial charge >= 0.3 is 0 Å². The van der Waals surface area contributed by atoms with Crippen molar-refractivity contribution in [2.75, 3.05) is 4.90 Å². The van der Waals surface area contributed by atoms with Gasteiger partial charge in [0.1, 0.15) is 5.76 Å². The number of amides is 1. The van der Waals surface area contributed by atoms with Gasteiger partial charge in [0.25, 0.3) is 11.7 Å². The van der Waals surface area contributed by atoms with Crippen molar-refractivity contribution in [3.63, 3.8) is 0 Å². The molecule has 1 aromatic heterocycles. The summed E-state index contributed by atoms with van der Waals surface area (Å²) in [5.41, 5.74) is 4.06. The lowest BCUT2D eigenvalue weighted by atomic mass is 9.85. The van der Waals surface area contributed by atoms with Gasteiger partial charge in [0, 0.05) is 23.6 Å². The number of rotatable bonds is 3. The third-order valence-corrected chi connectivity index (χ3v) is 6.50. The quantitative estimate of drug-likeness (QED) is 0.278. The molecule has 1 saturated heterocycles. The Balaban J connectivity index is 1.89. The highest BCUT2D eigenvalue weighted by Crippen LogP contribution is 2.43. The third kappa shape index (κ3) is 4.63. The number of benzene rings is 2. The van der Waals surface area contributed by atoms with Crippen LogP contribution in [0.15, 0.2) is 78.6 Å². The number of ketones is 1. The molecule has 2 heterocycles. The van der Waals surface area contributed by atoms with E-state index in [0.717, 1.165) is 16.7 Å². The molecule has 1 aliphatic rings. The first kappa shape index (κ1) is 24.4. The Morgan fingerprint density at radius 2 is 1.26 bits per heavy atom. The van der Waals surface area contributed by atoms with Crippen LogP contribution in [-0.2, 0) is 20.4 Å². The Bertz CT molecular complexity index is 1280. The van der Waals surface area contributed by atoms with Crippen LogP contribution in [0.2, 0.25) is 0 Å². The molecule has 1 fully saturated rings. The van der Waals surface area contributed by atoms with E-state index in [9.17, 15) is 14.7 Å². The summed E-state index contributed by atoms with van der Waals surface area (Å²) < 4.78 is 0. The van der Waals surface area contributed by atoms with E-state index in [1.54, 1.807) is 24.5 Å².